The van der Waals surface area contributed by atoms with Crippen LogP contribution in [0, 0.1) is 0 Å². The molecule has 6 nitrogen and oxygen atoms in total. The average Bonchev–Trinajstić information content (AvgIpc) is 3.06. The summed E-state index contributed by atoms with van der Waals surface area (Å²) >= 11 is 0. The van der Waals surface area contributed by atoms with Gasteiger partial charge in [0.25, 0.3) is 0 Å². The molecule has 1 N–H and O–H groups in total. The highest BCUT2D eigenvalue weighted by atomic mass is 16.1. The number of hydrogen-bond donors (Lipinski definition) is 1. The van der Waals surface area contributed by atoms with Gasteiger partial charge in [-0.1, -0.05) is 60.7 Å². The van der Waals surface area contributed by atoms with Crippen molar-refractivity contribution in [3.05, 3.63) is 101 Å². The molecule has 2 aromatic heterocycles. The SMILES string of the molecule is O=c1c(Nc2ccccc2)nnc2n(Cc3ccccc3)c3ccccc3n12. The first-order valence-electron chi connectivity index (χ1n) is 9.04. The molecule has 136 valence electrons. The first-order chi connectivity index (χ1) is 13.8. The van der Waals surface area contributed by atoms with E-state index in [9.17, 15) is 4.79 Å². The maximum Gasteiger partial charge on any atom is 0.302 e. The molecule has 2 heterocycles. The Morgan fingerprint density at radius 3 is 2.14 bits per heavy atom. The Kier molecular flexibility index (Phi) is 3.87. The molecule has 0 saturated heterocycles. The molecule has 5 aromatic rings. The van der Waals surface area contributed by atoms with E-state index in [-0.39, 0.29) is 11.4 Å². The van der Waals surface area contributed by atoms with Crippen LogP contribution in [-0.4, -0.2) is 19.2 Å². The van der Waals surface area contributed by atoms with Gasteiger partial charge in [-0.05, 0) is 29.8 Å². The quantitative estimate of drug-likeness (QED) is 0.524. The molecule has 0 aliphatic carbocycles. The molecule has 0 aliphatic heterocycles. The van der Waals surface area contributed by atoms with Gasteiger partial charge in [-0.15, -0.1) is 10.2 Å². The molecule has 0 bridgehead atoms. The van der Waals surface area contributed by atoms with E-state index in [4.69, 9.17) is 0 Å². The van der Waals surface area contributed by atoms with Gasteiger partial charge in [0.15, 0.2) is 0 Å². The third-order valence-corrected chi connectivity index (χ3v) is 4.72. The molecule has 5 rings (SSSR count). The molecular formula is C22H17N5O. The minimum atomic E-state index is -0.225. The summed E-state index contributed by atoms with van der Waals surface area (Å²) in [7, 11) is 0. The van der Waals surface area contributed by atoms with E-state index in [1.165, 1.54) is 0 Å². The molecule has 0 saturated carbocycles. The number of benzene rings is 3. The zero-order valence-corrected chi connectivity index (χ0v) is 15.0. The zero-order valence-electron chi connectivity index (χ0n) is 15.0. The third-order valence-electron chi connectivity index (χ3n) is 4.72. The predicted molar refractivity (Wildman–Crippen MR) is 110 cm³/mol. The molecule has 6 heteroatoms. The number of anilines is 2. The molecular weight excluding hydrogens is 350 g/mol. The molecule has 0 radical (unpaired) electrons. The highest BCUT2D eigenvalue weighted by molar-refractivity contribution is 5.81. The standard InChI is InChI=1S/C22H17N5O/c28-21-20(23-17-11-5-2-6-12-17)24-25-22-26(15-16-9-3-1-4-10-16)18-13-7-8-14-19(18)27(21)22/h1-14H,15H2,(H,23,24). The second-order valence-corrected chi connectivity index (χ2v) is 6.54. The van der Waals surface area contributed by atoms with Crippen LogP contribution in [-0.2, 0) is 6.54 Å². The van der Waals surface area contributed by atoms with Crippen molar-refractivity contribution < 1.29 is 0 Å². The van der Waals surface area contributed by atoms with Crippen LogP contribution in [0.15, 0.2) is 89.7 Å². The van der Waals surface area contributed by atoms with E-state index in [2.05, 4.69) is 27.6 Å². The third kappa shape index (κ3) is 2.72. The first-order valence-corrected chi connectivity index (χ1v) is 9.04. The van der Waals surface area contributed by atoms with Crippen molar-refractivity contribution in [2.45, 2.75) is 6.54 Å². The highest BCUT2D eigenvalue weighted by Crippen LogP contribution is 2.20. The summed E-state index contributed by atoms with van der Waals surface area (Å²) in [4.78, 5) is 13.2. The van der Waals surface area contributed by atoms with Crippen molar-refractivity contribution in [3.8, 4) is 0 Å². The van der Waals surface area contributed by atoms with Crippen LogP contribution in [0.25, 0.3) is 16.8 Å². The van der Waals surface area contributed by atoms with E-state index in [1.54, 1.807) is 4.40 Å². The number of para-hydroxylation sites is 3. The van der Waals surface area contributed by atoms with Gasteiger partial charge in [-0.2, -0.15) is 0 Å². The van der Waals surface area contributed by atoms with Crippen molar-refractivity contribution in [1.29, 1.82) is 0 Å². The fourth-order valence-electron chi connectivity index (χ4n) is 3.42. The fraction of sp³-hybridized carbons (Fsp3) is 0.0455. The lowest BCUT2D eigenvalue weighted by Crippen LogP contribution is -2.20. The van der Waals surface area contributed by atoms with Crippen LogP contribution in [0.2, 0.25) is 0 Å². The first kappa shape index (κ1) is 16.3. The summed E-state index contributed by atoms with van der Waals surface area (Å²) in [5.41, 5.74) is 3.45. The molecule has 0 spiro atoms. The van der Waals surface area contributed by atoms with Crippen LogP contribution in [0.1, 0.15) is 5.56 Å². The summed E-state index contributed by atoms with van der Waals surface area (Å²) < 4.78 is 3.64. The van der Waals surface area contributed by atoms with Crippen molar-refractivity contribution in [3.63, 3.8) is 0 Å². The average molecular weight is 367 g/mol. The van der Waals surface area contributed by atoms with Crippen molar-refractivity contribution >= 4 is 28.3 Å². The highest BCUT2D eigenvalue weighted by Gasteiger charge is 2.16. The van der Waals surface area contributed by atoms with Crippen LogP contribution in [0.5, 0.6) is 0 Å². The van der Waals surface area contributed by atoms with Gasteiger partial charge in [0.2, 0.25) is 11.6 Å². The van der Waals surface area contributed by atoms with E-state index < -0.39 is 0 Å². The second-order valence-electron chi connectivity index (χ2n) is 6.54. The summed E-state index contributed by atoms with van der Waals surface area (Å²) in [6.45, 7) is 0.609. The van der Waals surface area contributed by atoms with E-state index in [0.29, 0.717) is 12.3 Å². The van der Waals surface area contributed by atoms with Gasteiger partial charge in [0, 0.05) is 5.69 Å². The summed E-state index contributed by atoms with van der Waals surface area (Å²) in [6.07, 6.45) is 0. The van der Waals surface area contributed by atoms with Gasteiger partial charge in [-0.3, -0.25) is 4.79 Å². The maximum atomic E-state index is 13.2. The van der Waals surface area contributed by atoms with Crippen molar-refractivity contribution in [2.75, 3.05) is 5.32 Å². The normalized spacial score (nSPS) is 11.1. The molecule has 0 atom stereocenters. The number of imidazole rings is 1. The summed E-state index contributed by atoms with van der Waals surface area (Å²) in [5, 5.41) is 11.6. The monoisotopic (exact) mass is 367 g/mol. The van der Waals surface area contributed by atoms with E-state index >= 15 is 0 Å². The topological polar surface area (TPSA) is 64.2 Å². The molecule has 3 aromatic carbocycles. The predicted octanol–water partition coefficient (Wildman–Crippen LogP) is 3.84. The smallest absolute Gasteiger partial charge is 0.302 e. The lowest BCUT2D eigenvalue weighted by Gasteiger charge is -2.07. The fourth-order valence-corrected chi connectivity index (χ4v) is 3.42. The largest absolute Gasteiger partial charge is 0.334 e. The lowest BCUT2D eigenvalue weighted by atomic mass is 10.2. The molecule has 0 unspecified atom stereocenters. The van der Waals surface area contributed by atoms with Crippen molar-refractivity contribution in [2.24, 2.45) is 0 Å². The van der Waals surface area contributed by atoms with Crippen LogP contribution in [0.4, 0.5) is 11.5 Å². The number of nitrogens with zero attached hydrogens (tertiary/aromatic N) is 4. The van der Waals surface area contributed by atoms with Gasteiger partial charge in [0.05, 0.1) is 17.6 Å². The van der Waals surface area contributed by atoms with Crippen LogP contribution in [0.3, 0.4) is 0 Å². The van der Waals surface area contributed by atoms with Gasteiger partial charge >= 0.3 is 5.56 Å². The zero-order chi connectivity index (χ0) is 18.9. The Morgan fingerprint density at radius 2 is 1.39 bits per heavy atom. The van der Waals surface area contributed by atoms with Gasteiger partial charge in [0.1, 0.15) is 0 Å². The number of hydrogen-bond acceptors (Lipinski definition) is 4. The number of fused-ring (bicyclic) bond motifs is 3. The Morgan fingerprint density at radius 1 is 0.750 bits per heavy atom. The Balaban J connectivity index is 1.71. The maximum absolute atomic E-state index is 13.2. The summed E-state index contributed by atoms with van der Waals surface area (Å²) in [6, 6.07) is 27.4. The number of rotatable bonds is 4. The van der Waals surface area contributed by atoms with Crippen molar-refractivity contribution in [1.82, 2.24) is 19.2 Å². The van der Waals surface area contributed by atoms with Crippen LogP contribution < -0.4 is 10.9 Å². The molecule has 0 amide bonds. The van der Waals surface area contributed by atoms with E-state index in [0.717, 1.165) is 22.3 Å². The number of aromatic nitrogens is 4. The second kappa shape index (κ2) is 6.66. The Hall–Kier alpha value is -3.93. The molecule has 28 heavy (non-hydrogen) atoms. The molecule has 0 aliphatic rings. The minimum absolute atomic E-state index is 0.200. The number of nitrogens with one attached hydrogen (secondary N) is 1. The van der Waals surface area contributed by atoms with Gasteiger partial charge < -0.3 is 9.88 Å². The lowest BCUT2D eigenvalue weighted by molar-refractivity contribution is 0.810. The molecule has 0 fully saturated rings. The minimum Gasteiger partial charge on any atom is -0.334 e. The Bertz CT molecular complexity index is 1320. The van der Waals surface area contributed by atoms with Crippen LogP contribution >= 0.6 is 0 Å². The summed E-state index contributed by atoms with van der Waals surface area (Å²) in [5.74, 6) is 0.722. The van der Waals surface area contributed by atoms with Gasteiger partial charge in [-0.25, -0.2) is 4.40 Å². The Labute approximate surface area is 160 Å². The van der Waals surface area contributed by atoms with E-state index in [1.807, 2.05) is 77.4 Å².